The van der Waals surface area contributed by atoms with Gasteiger partial charge in [-0.3, -0.25) is 4.79 Å². The number of rotatable bonds is 8. The lowest BCUT2D eigenvalue weighted by atomic mass is 9.84. The standard InChI is InChI=1S/C21H28N4O2/c1-27-13-7-12-25-16-23-24-18(25)14-22-19(26)21(17-8-3-2-4-9-17)15-20(21)10-5-6-11-20/h2-4,8-9,16H,5-7,10-15H2,1H3,(H,22,26). The van der Waals surface area contributed by atoms with Gasteiger partial charge in [0.2, 0.25) is 5.91 Å². The zero-order chi connectivity index (χ0) is 18.7. The average Bonchev–Trinajstić information content (AvgIpc) is 3.00. The number of aromatic nitrogens is 3. The maximum atomic E-state index is 13.4. The number of carbonyl (C=O) groups is 1. The molecular weight excluding hydrogens is 340 g/mol. The van der Waals surface area contributed by atoms with E-state index < -0.39 is 0 Å². The van der Waals surface area contributed by atoms with Gasteiger partial charge in [-0.2, -0.15) is 0 Å². The molecule has 1 N–H and O–H groups in total. The summed E-state index contributed by atoms with van der Waals surface area (Å²) in [5.41, 5.74) is 0.946. The number of aryl methyl sites for hydroxylation is 1. The van der Waals surface area contributed by atoms with Gasteiger partial charge in [0.25, 0.3) is 0 Å². The van der Waals surface area contributed by atoms with E-state index in [1.54, 1.807) is 13.4 Å². The van der Waals surface area contributed by atoms with Crippen LogP contribution in [0.1, 0.15) is 49.9 Å². The molecule has 0 aliphatic heterocycles. The van der Waals surface area contributed by atoms with Crippen molar-refractivity contribution in [1.29, 1.82) is 0 Å². The molecule has 2 aliphatic carbocycles. The fourth-order valence-corrected chi connectivity index (χ4v) is 4.99. The van der Waals surface area contributed by atoms with Crippen molar-refractivity contribution in [3.05, 3.63) is 48.0 Å². The molecule has 1 heterocycles. The van der Waals surface area contributed by atoms with Crippen molar-refractivity contribution in [3.8, 4) is 0 Å². The Hall–Kier alpha value is -2.21. The maximum absolute atomic E-state index is 13.4. The molecule has 0 saturated heterocycles. The summed E-state index contributed by atoms with van der Waals surface area (Å²) in [6, 6.07) is 10.3. The number of hydrogen-bond donors (Lipinski definition) is 1. The van der Waals surface area contributed by atoms with Gasteiger partial charge in [-0.25, -0.2) is 0 Å². The summed E-state index contributed by atoms with van der Waals surface area (Å²) in [4.78, 5) is 13.4. The van der Waals surface area contributed by atoms with Gasteiger partial charge < -0.3 is 14.6 Å². The zero-order valence-corrected chi connectivity index (χ0v) is 16.0. The lowest BCUT2D eigenvalue weighted by Gasteiger charge is -2.22. The van der Waals surface area contributed by atoms with Crippen LogP contribution < -0.4 is 5.32 Å². The topological polar surface area (TPSA) is 69.0 Å². The summed E-state index contributed by atoms with van der Waals surface area (Å²) in [6.07, 6.45) is 8.36. The van der Waals surface area contributed by atoms with Gasteiger partial charge in [-0.1, -0.05) is 43.2 Å². The Labute approximate surface area is 160 Å². The Kier molecular flexibility index (Phi) is 5.00. The molecule has 2 aliphatic rings. The van der Waals surface area contributed by atoms with E-state index in [1.165, 1.54) is 12.8 Å². The van der Waals surface area contributed by atoms with Crippen LogP contribution in [0.4, 0.5) is 0 Å². The monoisotopic (exact) mass is 368 g/mol. The van der Waals surface area contributed by atoms with Crippen LogP contribution in [0.3, 0.4) is 0 Å². The number of amides is 1. The second-order valence-corrected chi connectivity index (χ2v) is 7.91. The molecule has 2 fully saturated rings. The van der Waals surface area contributed by atoms with Gasteiger partial charge in [0.15, 0.2) is 5.82 Å². The van der Waals surface area contributed by atoms with Gasteiger partial charge in [0.1, 0.15) is 6.33 Å². The molecule has 2 saturated carbocycles. The van der Waals surface area contributed by atoms with E-state index in [0.717, 1.165) is 43.6 Å². The van der Waals surface area contributed by atoms with Gasteiger partial charge in [0.05, 0.1) is 12.0 Å². The second kappa shape index (κ2) is 7.43. The molecule has 1 aromatic heterocycles. The minimum absolute atomic E-state index is 0.141. The van der Waals surface area contributed by atoms with Crippen molar-refractivity contribution < 1.29 is 9.53 Å². The Morgan fingerprint density at radius 3 is 2.78 bits per heavy atom. The Bertz CT molecular complexity index is 782. The second-order valence-electron chi connectivity index (χ2n) is 7.91. The van der Waals surface area contributed by atoms with E-state index in [9.17, 15) is 4.79 Å². The summed E-state index contributed by atoms with van der Waals surface area (Å²) in [6.45, 7) is 1.90. The van der Waals surface area contributed by atoms with Crippen molar-refractivity contribution in [2.24, 2.45) is 5.41 Å². The van der Waals surface area contributed by atoms with E-state index in [-0.39, 0.29) is 16.7 Å². The SMILES string of the molecule is COCCCn1cnnc1CNC(=O)C1(c2ccccc2)CC12CCCC2. The first-order chi connectivity index (χ1) is 13.2. The molecular formula is C21H28N4O2. The van der Waals surface area contributed by atoms with E-state index in [0.29, 0.717) is 13.2 Å². The quantitative estimate of drug-likeness (QED) is 0.728. The lowest BCUT2D eigenvalue weighted by molar-refractivity contribution is -0.124. The first-order valence-corrected chi connectivity index (χ1v) is 9.91. The maximum Gasteiger partial charge on any atom is 0.231 e. The molecule has 1 aromatic carbocycles. The minimum atomic E-state index is -0.369. The number of ether oxygens (including phenoxy) is 1. The number of benzene rings is 1. The molecule has 4 rings (SSSR count). The van der Waals surface area contributed by atoms with Crippen LogP contribution in [-0.4, -0.2) is 34.4 Å². The van der Waals surface area contributed by atoms with Gasteiger partial charge >= 0.3 is 0 Å². The summed E-state index contributed by atoms with van der Waals surface area (Å²) < 4.78 is 7.10. The van der Waals surface area contributed by atoms with E-state index in [1.807, 2.05) is 22.8 Å². The molecule has 6 nitrogen and oxygen atoms in total. The summed E-state index contributed by atoms with van der Waals surface area (Å²) >= 11 is 0. The highest BCUT2D eigenvalue weighted by atomic mass is 16.5. The Balaban J connectivity index is 1.48. The van der Waals surface area contributed by atoms with E-state index in [2.05, 4.69) is 27.6 Å². The highest BCUT2D eigenvalue weighted by Gasteiger charge is 2.72. The molecule has 2 aromatic rings. The van der Waals surface area contributed by atoms with Crippen molar-refractivity contribution in [1.82, 2.24) is 20.1 Å². The van der Waals surface area contributed by atoms with Crippen molar-refractivity contribution in [2.45, 2.75) is 57.0 Å². The van der Waals surface area contributed by atoms with Gasteiger partial charge in [-0.05, 0) is 36.7 Å². The van der Waals surface area contributed by atoms with Gasteiger partial charge in [-0.15, -0.1) is 10.2 Å². The van der Waals surface area contributed by atoms with E-state index in [4.69, 9.17) is 4.74 Å². The molecule has 0 bridgehead atoms. The molecule has 0 radical (unpaired) electrons. The highest BCUT2D eigenvalue weighted by Crippen LogP contribution is 2.72. The van der Waals surface area contributed by atoms with Crippen LogP contribution in [0.15, 0.2) is 36.7 Å². The third-order valence-electron chi connectivity index (χ3n) is 6.45. The lowest BCUT2D eigenvalue weighted by Crippen LogP contribution is -2.38. The van der Waals surface area contributed by atoms with Crippen molar-refractivity contribution in [3.63, 3.8) is 0 Å². The van der Waals surface area contributed by atoms with Crippen LogP contribution >= 0.6 is 0 Å². The molecule has 1 amide bonds. The molecule has 27 heavy (non-hydrogen) atoms. The predicted octanol–water partition coefficient (Wildman–Crippen LogP) is 2.83. The molecule has 1 spiro atoms. The average molecular weight is 368 g/mol. The number of nitrogens with one attached hydrogen (secondary N) is 1. The smallest absolute Gasteiger partial charge is 0.231 e. The van der Waals surface area contributed by atoms with Crippen LogP contribution in [-0.2, 0) is 28.0 Å². The van der Waals surface area contributed by atoms with Crippen LogP contribution in [0, 0.1) is 5.41 Å². The van der Waals surface area contributed by atoms with Crippen LogP contribution in [0.25, 0.3) is 0 Å². The van der Waals surface area contributed by atoms with Crippen molar-refractivity contribution >= 4 is 5.91 Å². The fraction of sp³-hybridized carbons (Fsp3) is 0.571. The molecule has 1 atom stereocenters. The number of nitrogens with zero attached hydrogens (tertiary/aromatic N) is 3. The Morgan fingerprint density at radius 1 is 1.26 bits per heavy atom. The third-order valence-corrected chi connectivity index (χ3v) is 6.45. The third kappa shape index (κ3) is 3.16. The number of hydrogen-bond acceptors (Lipinski definition) is 4. The van der Waals surface area contributed by atoms with Crippen LogP contribution in [0.2, 0.25) is 0 Å². The molecule has 1 unspecified atom stereocenters. The molecule has 144 valence electrons. The zero-order valence-electron chi connectivity index (χ0n) is 16.0. The van der Waals surface area contributed by atoms with Gasteiger partial charge in [0, 0.05) is 20.3 Å². The van der Waals surface area contributed by atoms with Crippen molar-refractivity contribution in [2.75, 3.05) is 13.7 Å². The first-order valence-electron chi connectivity index (χ1n) is 9.91. The number of carbonyl (C=O) groups excluding carboxylic acids is 1. The van der Waals surface area contributed by atoms with Crippen LogP contribution in [0.5, 0.6) is 0 Å². The Morgan fingerprint density at radius 2 is 2.04 bits per heavy atom. The summed E-state index contributed by atoms with van der Waals surface area (Å²) in [5.74, 6) is 0.936. The van der Waals surface area contributed by atoms with E-state index >= 15 is 0 Å². The largest absolute Gasteiger partial charge is 0.385 e. The number of methoxy groups -OCH3 is 1. The highest BCUT2D eigenvalue weighted by molar-refractivity contribution is 5.93. The minimum Gasteiger partial charge on any atom is -0.385 e. The summed E-state index contributed by atoms with van der Waals surface area (Å²) in [7, 11) is 1.70. The fourth-order valence-electron chi connectivity index (χ4n) is 4.99. The normalized spacial score (nSPS) is 22.9. The predicted molar refractivity (Wildman–Crippen MR) is 102 cm³/mol. The molecule has 6 heteroatoms. The first kappa shape index (κ1) is 18.2. The summed E-state index contributed by atoms with van der Waals surface area (Å²) in [5, 5.41) is 11.4.